The second-order valence-corrected chi connectivity index (χ2v) is 10.3. The number of benzene rings is 3. The maximum Gasteiger partial charge on any atom is 0.261 e. The molecule has 3 aromatic carbocycles. The van der Waals surface area contributed by atoms with E-state index in [1.165, 1.54) is 0 Å². The SMILES string of the molecule is N#Cc1ccc2c(c1)C1CN(CCc3ccc(NS(=O)(=O)c4ccccc4)cc3)CC1CO2. The largest absolute Gasteiger partial charge is 0.493 e. The average molecular weight is 460 g/mol. The van der Waals surface area contributed by atoms with Crippen LogP contribution < -0.4 is 9.46 Å². The Morgan fingerprint density at radius 3 is 2.58 bits per heavy atom. The first-order valence-corrected chi connectivity index (χ1v) is 12.6. The van der Waals surface area contributed by atoms with Gasteiger partial charge in [0.15, 0.2) is 0 Å². The number of sulfonamides is 1. The van der Waals surface area contributed by atoms with Crippen LogP contribution >= 0.6 is 0 Å². The Kier molecular flexibility index (Phi) is 5.79. The Labute approximate surface area is 194 Å². The second kappa shape index (κ2) is 8.89. The number of rotatable bonds is 6. The van der Waals surface area contributed by atoms with Crippen LogP contribution in [-0.4, -0.2) is 39.6 Å². The molecule has 2 heterocycles. The molecule has 0 aromatic heterocycles. The van der Waals surface area contributed by atoms with Crippen molar-refractivity contribution in [3.8, 4) is 11.8 Å². The highest BCUT2D eigenvalue weighted by Gasteiger charge is 2.38. The molecule has 6 nitrogen and oxygen atoms in total. The molecular weight excluding hydrogens is 434 g/mol. The molecule has 2 aliphatic rings. The molecule has 168 valence electrons. The van der Waals surface area contributed by atoms with Gasteiger partial charge in [-0.1, -0.05) is 30.3 Å². The van der Waals surface area contributed by atoms with E-state index in [4.69, 9.17) is 4.74 Å². The highest BCUT2D eigenvalue weighted by Crippen LogP contribution is 2.41. The second-order valence-electron chi connectivity index (χ2n) is 8.67. The Morgan fingerprint density at radius 1 is 1.03 bits per heavy atom. The molecule has 0 bridgehead atoms. The first-order chi connectivity index (χ1) is 16.0. The molecule has 7 heteroatoms. The normalized spacial score (nSPS) is 19.7. The van der Waals surface area contributed by atoms with Crippen molar-refractivity contribution in [1.29, 1.82) is 5.26 Å². The maximum atomic E-state index is 12.5. The summed E-state index contributed by atoms with van der Waals surface area (Å²) in [4.78, 5) is 2.70. The third-order valence-electron chi connectivity index (χ3n) is 6.48. The monoisotopic (exact) mass is 459 g/mol. The zero-order valence-electron chi connectivity index (χ0n) is 18.1. The van der Waals surface area contributed by atoms with Crippen LogP contribution in [0.1, 0.15) is 22.6 Å². The van der Waals surface area contributed by atoms with Gasteiger partial charge in [-0.2, -0.15) is 5.26 Å². The minimum Gasteiger partial charge on any atom is -0.493 e. The number of nitrogens with zero attached hydrogens (tertiary/aromatic N) is 2. The summed E-state index contributed by atoms with van der Waals surface area (Å²) in [6, 6.07) is 23.9. The van der Waals surface area contributed by atoms with Crippen molar-refractivity contribution in [1.82, 2.24) is 4.90 Å². The summed E-state index contributed by atoms with van der Waals surface area (Å²) < 4.78 is 33.6. The molecular formula is C26H25N3O3S. The van der Waals surface area contributed by atoms with Crippen molar-refractivity contribution in [2.24, 2.45) is 5.92 Å². The fourth-order valence-corrected chi connectivity index (χ4v) is 5.82. The van der Waals surface area contributed by atoms with Gasteiger partial charge in [0.05, 0.1) is 23.1 Å². The van der Waals surface area contributed by atoms with Crippen LogP contribution in [0.5, 0.6) is 5.75 Å². The summed E-state index contributed by atoms with van der Waals surface area (Å²) in [7, 11) is -3.58. The number of nitriles is 1. The number of fused-ring (bicyclic) bond motifs is 3. The number of hydrogen-bond acceptors (Lipinski definition) is 5. The van der Waals surface area contributed by atoms with Gasteiger partial charge in [0, 0.05) is 42.7 Å². The van der Waals surface area contributed by atoms with Crippen LogP contribution in [0.2, 0.25) is 0 Å². The molecule has 0 aliphatic carbocycles. The van der Waals surface area contributed by atoms with Crippen LogP contribution in [0.4, 0.5) is 5.69 Å². The van der Waals surface area contributed by atoms with Gasteiger partial charge < -0.3 is 9.64 Å². The van der Waals surface area contributed by atoms with Gasteiger partial charge in [-0.05, 0) is 54.4 Å². The quantitative estimate of drug-likeness (QED) is 0.602. The fraction of sp³-hybridized carbons (Fsp3) is 0.269. The van der Waals surface area contributed by atoms with E-state index in [0.29, 0.717) is 23.1 Å². The van der Waals surface area contributed by atoms with Gasteiger partial charge in [-0.3, -0.25) is 4.72 Å². The smallest absolute Gasteiger partial charge is 0.261 e. The molecule has 2 aliphatic heterocycles. The van der Waals surface area contributed by atoms with Gasteiger partial charge >= 0.3 is 0 Å². The molecule has 5 rings (SSSR count). The third-order valence-corrected chi connectivity index (χ3v) is 7.88. The molecule has 0 spiro atoms. The highest BCUT2D eigenvalue weighted by molar-refractivity contribution is 7.92. The van der Waals surface area contributed by atoms with Crippen LogP contribution in [0, 0.1) is 17.2 Å². The van der Waals surface area contributed by atoms with Gasteiger partial charge in [-0.15, -0.1) is 0 Å². The van der Waals surface area contributed by atoms with Crippen molar-refractivity contribution in [3.05, 3.63) is 89.5 Å². The standard InChI is InChI=1S/C26H25N3O3S/c27-15-20-8-11-26-24(14-20)25-17-29(16-21(25)18-32-26)13-12-19-6-9-22(10-7-19)28-33(30,31)23-4-2-1-3-5-23/h1-11,14,21,25,28H,12-13,16-18H2. The fourth-order valence-electron chi connectivity index (χ4n) is 4.74. The van der Waals surface area contributed by atoms with Gasteiger partial charge in [0.2, 0.25) is 0 Å². The Balaban J connectivity index is 1.19. The molecule has 1 N–H and O–H groups in total. The molecule has 33 heavy (non-hydrogen) atoms. The predicted molar refractivity (Wildman–Crippen MR) is 127 cm³/mol. The first-order valence-electron chi connectivity index (χ1n) is 11.1. The minimum atomic E-state index is -3.58. The van der Waals surface area contributed by atoms with E-state index >= 15 is 0 Å². The zero-order valence-corrected chi connectivity index (χ0v) is 19.0. The third kappa shape index (κ3) is 4.58. The van der Waals surface area contributed by atoms with E-state index in [2.05, 4.69) is 15.7 Å². The number of nitrogens with one attached hydrogen (secondary N) is 1. The Bertz CT molecular complexity index is 1280. The lowest BCUT2D eigenvalue weighted by molar-refractivity contribution is 0.213. The van der Waals surface area contributed by atoms with Gasteiger partial charge in [-0.25, -0.2) is 8.42 Å². The number of ether oxygens (including phenoxy) is 1. The Hall–Kier alpha value is -3.34. The zero-order chi connectivity index (χ0) is 22.8. The molecule has 3 aromatic rings. The van der Waals surface area contributed by atoms with Crippen LogP contribution in [0.25, 0.3) is 0 Å². The van der Waals surface area contributed by atoms with E-state index < -0.39 is 10.0 Å². The number of hydrogen-bond donors (Lipinski definition) is 1. The number of likely N-dealkylation sites (tertiary alicyclic amines) is 1. The predicted octanol–water partition coefficient (Wildman–Crippen LogP) is 4.01. The summed E-state index contributed by atoms with van der Waals surface area (Å²) in [5.74, 6) is 1.75. The van der Waals surface area contributed by atoms with E-state index in [1.54, 1.807) is 30.3 Å². The average Bonchev–Trinajstić information content (AvgIpc) is 3.27. The summed E-state index contributed by atoms with van der Waals surface area (Å²) in [5.41, 5.74) is 3.55. The van der Waals surface area contributed by atoms with Crippen molar-refractivity contribution in [2.45, 2.75) is 17.2 Å². The molecule has 2 unspecified atom stereocenters. The highest BCUT2D eigenvalue weighted by atomic mass is 32.2. The summed E-state index contributed by atoms with van der Waals surface area (Å²) in [5, 5.41) is 9.24. The summed E-state index contributed by atoms with van der Waals surface area (Å²) in [6.45, 7) is 3.59. The lowest BCUT2D eigenvalue weighted by Crippen LogP contribution is -2.25. The maximum absolute atomic E-state index is 12.5. The van der Waals surface area contributed by atoms with Crippen molar-refractivity contribution < 1.29 is 13.2 Å². The molecule has 0 radical (unpaired) electrons. The van der Waals surface area contributed by atoms with Gasteiger partial charge in [0.1, 0.15) is 5.75 Å². The number of anilines is 1. The lowest BCUT2D eigenvalue weighted by atomic mass is 9.86. The van der Waals surface area contributed by atoms with Crippen LogP contribution in [0.3, 0.4) is 0 Å². The molecule has 0 saturated carbocycles. The van der Waals surface area contributed by atoms with Crippen molar-refractivity contribution in [3.63, 3.8) is 0 Å². The molecule has 0 amide bonds. The Morgan fingerprint density at radius 2 is 1.82 bits per heavy atom. The summed E-state index contributed by atoms with van der Waals surface area (Å²) in [6.07, 6.45) is 0.886. The van der Waals surface area contributed by atoms with E-state index in [9.17, 15) is 13.7 Å². The van der Waals surface area contributed by atoms with Crippen molar-refractivity contribution >= 4 is 15.7 Å². The molecule has 1 fully saturated rings. The van der Waals surface area contributed by atoms with Crippen molar-refractivity contribution in [2.75, 3.05) is 31.0 Å². The lowest BCUT2D eigenvalue weighted by Gasteiger charge is -2.27. The first kappa shape index (κ1) is 21.5. The molecule has 1 saturated heterocycles. The van der Waals surface area contributed by atoms with Crippen LogP contribution in [-0.2, 0) is 16.4 Å². The van der Waals surface area contributed by atoms with Crippen LogP contribution in [0.15, 0.2) is 77.7 Å². The molecule has 2 atom stereocenters. The topological polar surface area (TPSA) is 82.4 Å². The van der Waals surface area contributed by atoms with Gasteiger partial charge in [0.25, 0.3) is 10.0 Å². The summed E-state index contributed by atoms with van der Waals surface area (Å²) >= 11 is 0. The van der Waals surface area contributed by atoms with E-state index in [1.807, 2.05) is 42.5 Å². The van der Waals surface area contributed by atoms with E-state index in [0.717, 1.165) is 49.5 Å². The minimum absolute atomic E-state index is 0.247. The van der Waals surface area contributed by atoms with E-state index in [-0.39, 0.29) is 4.90 Å².